The lowest BCUT2D eigenvalue weighted by atomic mass is 9.85. The first kappa shape index (κ1) is 16.0. The van der Waals surface area contributed by atoms with E-state index in [0.29, 0.717) is 0 Å². The second-order valence-corrected chi connectivity index (χ2v) is 6.76. The molecule has 0 aliphatic heterocycles. The van der Waals surface area contributed by atoms with Gasteiger partial charge in [0.25, 0.3) is 0 Å². The molecule has 0 atom stereocenters. The zero-order chi connectivity index (χ0) is 16.1. The van der Waals surface area contributed by atoms with Crippen molar-refractivity contribution in [3.8, 4) is 0 Å². The Hall–Kier alpha value is -1.91. The van der Waals surface area contributed by atoms with E-state index in [1.54, 1.807) is 24.5 Å². The maximum Gasteiger partial charge on any atom is 0.227 e. The monoisotopic (exact) mass is 315 g/mol. The van der Waals surface area contributed by atoms with E-state index in [9.17, 15) is 9.59 Å². The summed E-state index contributed by atoms with van der Waals surface area (Å²) in [5.74, 6) is 0.578. The van der Waals surface area contributed by atoms with Crippen molar-refractivity contribution in [3.63, 3.8) is 0 Å². The molecule has 0 unspecified atom stereocenters. The number of amides is 2. The van der Waals surface area contributed by atoms with Gasteiger partial charge < -0.3 is 10.6 Å². The van der Waals surface area contributed by atoms with Crippen LogP contribution in [0.25, 0.3) is 0 Å². The van der Waals surface area contributed by atoms with Gasteiger partial charge in [0, 0.05) is 36.0 Å². The molecule has 2 fully saturated rings. The van der Waals surface area contributed by atoms with Gasteiger partial charge in [0.15, 0.2) is 0 Å². The lowest BCUT2D eigenvalue weighted by Gasteiger charge is -2.29. The molecule has 0 saturated heterocycles. The van der Waals surface area contributed by atoms with Gasteiger partial charge in [-0.25, -0.2) is 0 Å². The lowest BCUT2D eigenvalue weighted by Crippen LogP contribution is -2.41. The maximum absolute atomic E-state index is 12.3. The third kappa shape index (κ3) is 4.30. The van der Waals surface area contributed by atoms with Crippen molar-refractivity contribution in [1.82, 2.24) is 10.3 Å². The van der Waals surface area contributed by atoms with Crippen molar-refractivity contribution in [3.05, 3.63) is 24.5 Å². The van der Waals surface area contributed by atoms with Crippen LogP contribution in [0.5, 0.6) is 0 Å². The van der Waals surface area contributed by atoms with Crippen molar-refractivity contribution >= 4 is 17.5 Å². The van der Waals surface area contributed by atoms with Crippen LogP contribution >= 0.6 is 0 Å². The predicted octanol–water partition coefficient (Wildman–Crippen LogP) is 2.89. The molecule has 5 nitrogen and oxygen atoms in total. The summed E-state index contributed by atoms with van der Waals surface area (Å²) in [5.41, 5.74) is 0.793. The second-order valence-electron chi connectivity index (χ2n) is 6.76. The summed E-state index contributed by atoms with van der Waals surface area (Å²) in [4.78, 5) is 28.4. The van der Waals surface area contributed by atoms with Crippen molar-refractivity contribution in [1.29, 1.82) is 0 Å². The van der Waals surface area contributed by atoms with Crippen LogP contribution in [-0.2, 0) is 9.59 Å². The molecule has 1 aromatic heterocycles. The fraction of sp³-hybridized carbons (Fsp3) is 0.611. The topological polar surface area (TPSA) is 71.1 Å². The van der Waals surface area contributed by atoms with Crippen LogP contribution in [0.15, 0.2) is 24.5 Å². The predicted molar refractivity (Wildman–Crippen MR) is 88.7 cm³/mol. The molecule has 0 aromatic carbocycles. The fourth-order valence-electron chi connectivity index (χ4n) is 3.69. The summed E-state index contributed by atoms with van der Waals surface area (Å²) < 4.78 is 0. The number of carbonyl (C=O) groups excluding carboxylic acids is 2. The van der Waals surface area contributed by atoms with Crippen LogP contribution < -0.4 is 10.6 Å². The number of hydrogen-bond acceptors (Lipinski definition) is 3. The smallest absolute Gasteiger partial charge is 0.227 e. The number of nitrogens with zero attached hydrogens (tertiary/aromatic N) is 1. The summed E-state index contributed by atoms with van der Waals surface area (Å²) in [6.07, 6.45) is 11.3. The third-order valence-corrected chi connectivity index (χ3v) is 5.12. The van der Waals surface area contributed by atoms with E-state index in [2.05, 4.69) is 15.6 Å². The van der Waals surface area contributed by atoms with E-state index in [0.717, 1.165) is 44.2 Å². The molecule has 2 amide bonds. The third-order valence-electron chi connectivity index (χ3n) is 5.12. The number of nitrogens with one attached hydrogen (secondary N) is 2. The van der Waals surface area contributed by atoms with Crippen LogP contribution in [0, 0.1) is 11.8 Å². The summed E-state index contributed by atoms with van der Waals surface area (Å²) >= 11 is 0. The summed E-state index contributed by atoms with van der Waals surface area (Å²) in [7, 11) is 0. The first-order valence-electron chi connectivity index (χ1n) is 8.73. The minimum atomic E-state index is 0.0443. The molecule has 3 rings (SSSR count). The Kier molecular flexibility index (Phi) is 5.26. The zero-order valence-electron chi connectivity index (χ0n) is 13.5. The molecule has 5 heteroatoms. The fourth-order valence-corrected chi connectivity index (χ4v) is 3.69. The molecule has 0 bridgehead atoms. The number of pyridine rings is 1. The summed E-state index contributed by atoms with van der Waals surface area (Å²) in [6, 6.07) is 3.84. The highest BCUT2D eigenvalue weighted by molar-refractivity contribution is 5.92. The Morgan fingerprint density at radius 3 is 2.13 bits per heavy atom. The molecule has 1 aromatic rings. The number of aromatic nitrogens is 1. The van der Waals surface area contributed by atoms with Crippen LogP contribution in [-0.4, -0.2) is 22.8 Å². The molecule has 124 valence electrons. The average molecular weight is 315 g/mol. The van der Waals surface area contributed by atoms with Gasteiger partial charge in [-0.15, -0.1) is 0 Å². The van der Waals surface area contributed by atoms with Crippen molar-refractivity contribution in [2.24, 2.45) is 11.8 Å². The van der Waals surface area contributed by atoms with Gasteiger partial charge in [-0.1, -0.05) is 12.8 Å². The van der Waals surface area contributed by atoms with Gasteiger partial charge in [0.1, 0.15) is 0 Å². The summed E-state index contributed by atoms with van der Waals surface area (Å²) in [5, 5.41) is 6.14. The Morgan fingerprint density at radius 2 is 1.48 bits per heavy atom. The molecule has 2 aliphatic rings. The average Bonchev–Trinajstić information content (AvgIpc) is 3.11. The van der Waals surface area contributed by atoms with E-state index in [1.165, 1.54) is 12.8 Å². The Labute approximate surface area is 137 Å². The second kappa shape index (κ2) is 7.57. The van der Waals surface area contributed by atoms with Gasteiger partial charge in [-0.05, 0) is 50.7 Å². The van der Waals surface area contributed by atoms with E-state index in [4.69, 9.17) is 0 Å². The molecule has 1 heterocycles. The van der Waals surface area contributed by atoms with E-state index in [-0.39, 0.29) is 29.7 Å². The highest BCUT2D eigenvalue weighted by Gasteiger charge is 2.29. The maximum atomic E-state index is 12.3. The Bertz CT molecular complexity index is 532. The van der Waals surface area contributed by atoms with E-state index in [1.807, 2.05) is 0 Å². The highest BCUT2D eigenvalue weighted by atomic mass is 16.2. The quantitative estimate of drug-likeness (QED) is 0.897. The number of hydrogen-bond donors (Lipinski definition) is 2. The zero-order valence-corrected chi connectivity index (χ0v) is 13.5. The number of rotatable bonds is 4. The molecular weight excluding hydrogens is 290 g/mol. The molecule has 23 heavy (non-hydrogen) atoms. The van der Waals surface area contributed by atoms with Crippen LogP contribution in [0.3, 0.4) is 0 Å². The van der Waals surface area contributed by atoms with Crippen molar-refractivity contribution in [2.75, 3.05) is 5.32 Å². The SMILES string of the molecule is O=C(Nc1ccncc1)C1CCC(NC(=O)C2CCCC2)CC1. The van der Waals surface area contributed by atoms with Gasteiger partial charge in [-0.2, -0.15) is 0 Å². The minimum absolute atomic E-state index is 0.0443. The minimum Gasteiger partial charge on any atom is -0.353 e. The van der Waals surface area contributed by atoms with Crippen LogP contribution in [0.4, 0.5) is 5.69 Å². The largest absolute Gasteiger partial charge is 0.353 e. The Balaban J connectivity index is 1.42. The van der Waals surface area contributed by atoms with E-state index >= 15 is 0 Å². The lowest BCUT2D eigenvalue weighted by molar-refractivity contribution is -0.125. The molecule has 2 aliphatic carbocycles. The van der Waals surface area contributed by atoms with Crippen molar-refractivity contribution in [2.45, 2.75) is 57.4 Å². The number of anilines is 1. The Morgan fingerprint density at radius 1 is 0.870 bits per heavy atom. The highest BCUT2D eigenvalue weighted by Crippen LogP contribution is 2.28. The van der Waals surface area contributed by atoms with Crippen LogP contribution in [0.1, 0.15) is 51.4 Å². The van der Waals surface area contributed by atoms with Crippen molar-refractivity contribution < 1.29 is 9.59 Å². The summed E-state index contributed by atoms with van der Waals surface area (Å²) in [6.45, 7) is 0. The van der Waals surface area contributed by atoms with E-state index < -0.39 is 0 Å². The first-order chi connectivity index (χ1) is 11.2. The van der Waals surface area contributed by atoms with Gasteiger partial charge in [0.05, 0.1) is 0 Å². The van der Waals surface area contributed by atoms with Gasteiger partial charge >= 0.3 is 0 Å². The standard InChI is InChI=1S/C18H25N3O2/c22-17(13-3-1-2-4-13)20-15-7-5-14(6-8-15)18(23)21-16-9-11-19-12-10-16/h9-15H,1-8H2,(H,20,22)(H,19,21,23). The molecule has 2 N–H and O–H groups in total. The normalized spacial score (nSPS) is 25.0. The van der Waals surface area contributed by atoms with Gasteiger partial charge in [-0.3, -0.25) is 14.6 Å². The first-order valence-corrected chi connectivity index (χ1v) is 8.73. The van der Waals surface area contributed by atoms with Crippen LogP contribution in [0.2, 0.25) is 0 Å². The molecule has 2 saturated carbocycles. The molecule has 0 spiro atoms. The van der Waals surface area contributed by atoms with Gasteiger partial charge in [0.2, 0.25) is 11.8 Å². The molecular formula is C18H25N3O2. The number of carbonyl (C=O) groups is 2. The molecule has 0 radical (unpaired) electrons.